The summed E-state index contributed by atoms with van der Waals surface area (Å²) >= 11 is 0. The van der Waals surface area contributed by atoms with Crippen LogP contribution in [0.3, 0.4) is 0 Å². The van der Waals surface area contributed by atoms with Crippen LogP contribution in [0.25, 0.3) is 0 Å². The first-order chi connectivity index (χ1) is 7.53. The largest absolute Gasteiger partial charge is 0.317 e. The molecular weight excluding hydrogens is 222 g/mol. The molecule has 0 heterocycles. The molecular formula is C12H25NO2S. The first kappa shape index (κ1) is 14.0. The standard InChI is InChI=1S/C12H25NO2S/c1-13-12(9-10-16(2,14)15)11-7-5-3-4-6-8-11/h11-13H,3-10H2,1-2H3. The Bertz CT molecular complexity index is 279. The second-order valence-electron chi connectivity index (χ2n) is 5.07. The molecule has 1 N–H and O–H groups in total. The Kier molecular flexibility index (Phi) is 5.76. The third-order valence-corrected chi connectivity index (χ3v) is 4.62. The van der Waals surface area contributed by atoms with Crippen molar-refractivity contribution in [1.29, 1.82) is 0 Å². The van der Waals surface area contributed by atoms with Crippen LogP contribution in [0.5, 0.6) is 0 Å². The molecule has 0 aromatic carbocycles. The van der Waals surface area contributed by atoms with Crippen molar-refractivity contribution in [2.45, 2.75) is 51.0 Å². The third kappa shape index (κ3) is 5.30. The average Bonchev–Trinajstić information content (AvgIpc) is 2.46. The van der Waals surface area contributed by atoms with Crippen LogP contribution in [-0.2, 0) is 9.84 Å². The van der Waals surface area contributed by atoms with Crippen LogP contribution in [0.1, 0.15) is 44.9 Å². The highest BCUT2D eigenvalue weighted by Gasteiger charge is 2.22. The van der Waals surface area contributed by atoms with Gasteiger partial charge in [-0.25, -0.2) is 8.42 Å². The van der Waals surface area contributed by atoms with E-state index in [1.54, 1.807) is 0 Å². The van der Waals surface area contributed by atoms with Crippen LogP contribution < -0.4 is 5.32 Å². The second-order valence-corrected chi connectivity index (χ2v) is 7.33. The van der Waals surface area contributed by atoms with Crippen LogP contribution in [-0.4, -0.2) is 33.5 Å². The van der Waals surface area contributed by atoms with Crippen LogP contribution in [0.15, 0.2) is 0 Å². The van der Waals surface area contributed by atoms with Gasteiger partial charge in [-0.05, 0) is 32.2 Å². The second kappa shape index (κ2) is 6.60. The van der Waals surface area contributed by atoms with Gasteiger partial charge in [-0.3, -0.25) is 0 Å². The highest BCUT2D eigenvalue weighted by Crippen LogP contribution is 2.26. The zero-order valence-corrected chi connectivity index (χ0v) is 11.4. The summed E-state index contributed by atoms with van der Waals surface area (Å²) in [5.41, 5.74) is 0. The molecule has 0 aliphatic heterocycles. The Morgan fingerprint density at radius 3 is 2.19 bits per heavy atom. The molecule has 1 aliphatic rings. The lowest BCUT2D eigenvalue weighted by atomic mass is 9.90. The Morgan fingerprint density at radius 1 is 1.19 bits per heavy atom. The SMILES string of the molecule is CNC(CCS(C)(=O)=O)C1CCCCCC1. The lowest BCUT2D eigenvalue weighted by Gasteiger charge is -2.25. The van der Waals surface area contributed by atoms with E-state index in [9.17, 15) is 8.42 Å². The maximum atomic E-state index is 11.2. The lowest BCUT2D eigenvalue weighted by molar-refractivity contribution is 0.327. The molecule has 1 unspecified atom stereocenters. The molecule has 0 aromatic rings. The van der Waals surface area contributed by atoms with Gasteiger partial charge in [0.25, 0.3) is 0 Å². The lowest BCUT2D eigenvalue weighted by Crippen LogP contribution is -2.35. The van der Waals surface area contributed by atoms with Crippen molar-refractivity contribution >= 4 is 9.84 Å². The van der Waals surface area contributed by atoms with E-state index in [0.717, 1.165) is 6.42 Å². The summed E-state index contributed by atoms with van der Waals surface area (Å²) in [6.45, 7) is 0. The molecule has 3 nitrogen and oxygen atoms in total. The predicted octanol–water partition coefficient (Wildman–Crippen LogP) is 1.98. The smallest absolute Gasteiger partial charge is 0.147 e. The van der Waals surface area contributed by atoms with Crippen molar-refractivity contribution in [3.8, 4) is 0 Å². The van der Waals surface area contributed by atoms with E-state index in [4.69, 9.17) is 0 Å². The van der Waals surface area contributed by atoms with Crippen molar-refractivity contribution in [1.82, 2.24) is 5.32 Å². The van der Waals surface area contributed by atoms with Crippen molar-refractivity contribution in [3.05, 3.63) is 0 Å². The maximum absolute atomic E-state index is 11.2. The highest BCUT2D eigenvalue weighted by molar-refractivity contribution is 7.90. The molecule has 16 heavy (non-hydrogen) atoms. The molecule has 0 radical (unpaired) electrons. The molecule has 0 saturated heterocycles. The zero-order chi connectivity index (χ0) is 12.0. The number of rotatable bonds is 5. The fourth-order valence-corrected chi connectivity index (χ4v) is 3.35. The number of hydrogen-bond acceptors (Lipinski definition) is 3. The highest BCUT2D eigenvalue weighted by atomic mass is 32.2. The van der Waals surface area contributed by atoms with Crippen molar-refractivity contribution < 1.29 is 8.42 Å². The number of sulfone groups is 1. The van der Waals surface area contributed by atoms with Crippen LogP contribution in [0.2, 0.25) is 0 Å². The summed E-state index contributed by atoms with van der Waals surface area (Å²) in [6.07, 6.45) is 9.92. The molecule has 0 spiro atoms. The third-order valence-electron chi connectivity index (χ3n) is 3.64. The van der Waals surface area contributed by atoms with E-state index in [1.165, 1.54) is 44.8 Å². The monoisotopic (exact) mass is 247 g/mol. The Labute approximate surface area is 99.9 Å². The zero-order valence-electron chi connectivity index (χ0n) is 10.5. The van der Waals surface area contributed by atoms with Crippen molar-refractivity contribution in [2.24, 2.45) is 5.92 Å². The summed E-state index contributed by atoms with van der Waals surface area (Å²) in [7, 11) is -0.861. The Balaban J connectivity index is 2.45. The van der Waals surface area contributed by atoms with E-state index in [0.29, 0.717) is 17.7 Å². The van der Waals surface area contributed by atoms with Gasteiger partial charge in [0.05, 0.1) is 5.75 Å². The normalized spacial score (nSPS) is 21.6. The molecule has 0 bridgehead atoms. The number of nitrogens with one attached hydrogen (secondary N) is 1. The first-order valence-corrected chi connectivity index (χ1v) is 8.44. The minimum Gasteiger partial charge on any atom is -0.317 e. The van der Waals surface area contributed by atoms with Gasteiger partial charge in [0, 0.05) is 12.3 Å². The fraction of sp³-hybridized carbons (Fsp3) is 1.00. The minimum atomic E-state index is -2.82. The van der Waals surface area contributed by atoms with Crippen LogP contribution >= 0.6 is 0 Å². The Hall–Kier alpha value is -0.0900. The van der Waals surface area contributed by atoms with Gasteiger partial charge in [0.15, 0.2) is 0 Å². The van der Waals surface area contributed by atoms with E-state index >= 15 is 0 Å². The molecule has 1 saturated carbocycles. The van der Waals surface area contributed by atoms with Crippen molar-refractivity contribution in [3.63, 3.8) is 0 Å². The number of hydrogen-bond donors (Lipinski definition) is 1. The van der Waals surface area contributed by atoms with Gasteiger partial charge >= 0.3 is 0 Å². The van der Waals surface area contributed by atoms with Gasteiger partial charge in [-0.2, -0.15) is 0 Å². The molecule has 1 atom stereocenters. The molecule has 4 heteroatoms. The molecule has 1 aliphatic carbocycles. The van der Waals surface area contributed by atoms with E-state index in [1.807, 2.05) is 7.05 Å². The summed E-state index contributed by atoms with van der Waals surface area (Å²) in [5.74, 6) is 0.990. The summed E-state index contributed by atoms with van der Waals surface area (Å²) < 4.78 is 22.3. The van der Waals surface area contributed by atoms with Crippen LogP contribution in [0, 0.1) is 5.92 Å². The maximum Gasteiger partial charge on any atom is 0.147 e. The van der Waals surface area contributed by atoms with Gasteiger partial charge in [0.1, 0.15) is 9.84 Å². The molecule has 1 rings (SSSR count). The molecule has 0 aromatic heterocycles. The van der Waals surface area contributed by atoms with E-state index in [-0.39, 0.29) is 0 Å². The average molecular weight is 247 g/mol. The first-order valence-electron chi connectivity index (χ1n) is 6.38. The molecule has 0 amide bonds. The summed E-state index contributed by atoms with van der Waals surface area (Å²) in [5, 5.41) is 3.31. The van der Waals surface area contributed by atoms with Gasteiger partial charge < -0.3 is 5.32 Å². The van der Waals surface area contributed by atoms with Gasteiger partial charge in [0.2, 0.25) is 0 Å². The topological polar surface area (TPSA) is 46.2 Å². The summed E-state index contributed by atoms with van der Waals surface area (Å²) in [6, 6.07) is 0.382. The Morgan fingerprint density at radius 2 is 1.75 bits per heavy atom. The molecule has 1 fully saturated rings. The fourth-order valence-electron chi connectivity index (χ4n) is 2.67. The van der Waals surface area contributed by atoms with Gasteiger partial charge in [-0.15, -0.1) is 0 Å². The quantitative estimate of drug-likeness (QED) is 0.756. The van der Waals surface area contributed by atoms with Gasteiger partial charge in [-0.1, -0.05) is 25.7 Å². The summed E-state index contributed by atoms with van der Waals surface area (Å²) in [4.78, 5) is 0. The van der Waals surface area contributed by atoms with E-state index in [2.05, 4.69) is 5.32 Å². The molecule has 96 valence electrons. The van der Waals surface area contributed by atoms with Crippen LogP contribution in [0.4, 0.5) is 0 Å². The predicted molar refractivity (Wildman–Crippen MR) is 68.4 cm³/mol. The van der Waals surface area contributed by atoms with E-state index < -0.39 is 9.84 Å². The minimum absolute atomic E-state index is 0.314. The van der Waals surface area contributed by atoms with Crippen molar-refractivity contribution in [2.75, 3.05) is 19.1 Å².